The van der Waals surface area contributed by atoms with E-state index >= 15 is 0 Å². The summed E-state index contributed by atoms with van der Waals surface area (Å²) in [5.41, 5.74) is 3.90. The number of nitrogens with one attached hydrogen (secondary N) is 2. The van der Waals surface area contributed by atoms with Crippen LogP contribution in [0.3, 0.4) is 0 Å². The summed E-state index contributed by atoms with van der Waals surface area (Å²) in [6.45, 7) is 12.2. The maximum absolute atomic E-state index is 12.4. The summed E-state index contributed by atoms with van der Waals surface area (Å²) in [6.07, 6.45) is 3.13. The molecule has 0 radical (unpaired) electrons. The number of ether oxygens (including phenoxy) is 1. The molecule has 236 valence electrons. The van der Waals surface area contributed by atoms with E-state index in [1.807, 2.05) is 47.2 Å². The van der Waals surface area contributed by atoms with Crippen molar-refractivity contribution in [1.29, 1.82) is 0 Å². The van der Waals surface area contributed by atoms with Gasteiger partial charge in [-0.25, -0.2) is 8.42 Å². The van der Waals surface area contributed by atoms with Gasteiger partial charge in [0.15, 0.2) is 0 Å². The maximum atomic E-state index is 12.4. The molecule has 5 rings (SSSR count). The van der Waals surface area contributed by atoms with Crippen LogP contribution in [0.2, 0.25) is 25.7 Å². The van der Waals surface area contributed by atoms with Gasteiger partial charge in [0.2, 0.25) is 16.0 Å². The lowest BCUT2D eigenvalue weighted by atomic mass is 10.2. The van der Waals surface area contributed by atoms with Gasteiger partial charge in [0, 0.05) is 65.5 Å². The highest BCUT2D eigenvalue weighted by molar-refractivity contribution is 7.92. The highest BCUT2D eigenvalue weighted by Crippen LogP contribution is 2.33. The van der Waals surface area contributed by atoms with Gasteiger partial charge in [-0.15, -0.1) is 0 Å². The van der Waals surface area contributed by atoms with Crippen molar-refractivity contribution in [3.05, 3.63) is 60.8 Å². The number of aromatic nitrogens is 3. The fourth-order valence-electron chi connectivity index (χ4n) is 4.97. The number of hydrogen-bond acceptors (Lipinski definition) is 9. The fourth-order valence-corrected chi connectivity index (χ4v) is 6.24. The number of nitrogens with zero attached hydrogens (tertiary/aromatic N) is 6. The van der Waals surface area contributed by atoms with Crippen LogP contribution in [0.1, 0.15) is 0 Å². The largest absolute Gasteiger partial charge is 0.369 e. The molecular weight excluding hydrogens is 593 g/mol. The van der Waals surface area contributed by atoms with Crippen molar-refractivity contribution in [2.45, 2.75) is 32.4 Å². The summed E-state index contributed by atoms with van der Waals surface area (Å²) in [5.74, 6) is 0.977. The Bertz CT molecular complexity index is 1680. The van der Waals surface area contributed by atoms with Crippen LogP contribution in [0, 0.1) is 0 Å². The summed E-state index contributed by atoms with van der Waals surface area (Å²) < 4.78 is 34.0. The van der Waals surface area contributed by atoms with Crippen LogP contribution in [-0.2, 0) is 21.5 Å². The summed E-state index contributed by atoms with van der Waals surface area (Å²) in [4.78, 5) is 14.5. The second kappa shape index (κ2) is 13.1. The average molecular weight is 637 g/mol. The number of benzene rings is 2. The topological polar surface area (TPSA) is 108 Å². The second-order valence-electron chi connectivity index (χ2n) is 12.6. The van der Waals surface area contributed by atoms with Gasteiger partial charge in [-0.1, -0.05) is 31.8 Å². The lowest BCUT2D eigenvalue weighted by molar-refractivity contribution is 0.0899. The number of fused-ring (bicyclic) bond motifs is 1. The first-order valence-electron chi connectivity index (χ1n) is 14.9. The molecule has 1 fully saturated rings. The van der Waals surface area contributed by atoms with E-state index in [9.17, 15) is 8.42 Å². The minimum Gasteiger partial charge on any atom is -0.369 e. The average Bonchev–Trinajstić information content (AvgIpc) is 3.38. The molecule has 0 atom stereocenters. The van der Waals surface area contributed by atoms with Crippen LogP contribution in [0.4, 0.5) is 34.5 Å². The standard InChI is InChI=1S/C31H44N8O3SSi/c1-36-17-19-38(20-18-36)25-13-11-24(12-14-25)32-31-34-29(33-27-9-7-8-10-28(27)37(2)43(3,40)41)26-15-16-39(30(26)35-31)23-42-21-22-44(4,5)6/h7-16H,17-23H2,1-6H3,(H2,32,33,34,35). The smallest absolute Gasteiger partial charge is 0.232 e. The third kappa shape index (κ3) is 7.89. The fraction of sp³-hybridized carbons (Fsp3) is 0.419. The lowest BCUT2D eigenvalue weighted by Crippen LogP contribution is -2.44. The molecule has 0 spiro atoms. The van der Waals surface area contributed by atoms with Crippen LogP contribution >= 0.6 is 0 Å². The number of likely N-dealkylation sites (N-methyl/N-ethyl adjacent to an activating group) is 1. The zero-order valence-electron chi connectivity index (χ0n) is 26.5. The highest BCUT2D eigenvalue weighted by atomic mass is 32.2. The Kier molecular flexibility index (Phi) is 9.49. The van der Waals surface area contributed by atoms with Gasteiger partial charge in [-0.05, 0) is 55.6 Å². The van der Waals surface area contributed by atoms with Crippen molar-refractivity contribution in [2.75, 3.05) is 73.0 Å². The first-order chi connectivity index (χ1) is 20.9. The molecule has 44 heavy (non-hydrogen) atoms. The van der Waals surface area contributed by atoms with Gasteiger partial charge in [-0.2, -0.15) is 9.97 Å². The highest BCUT2D eigenvalue weighted by Gasteiger charge is 2.19. The third-order valence-electron chi connectivity index (χ3n) is 7.83. The van der Waals surface area contributed by atoms with Crippen molar-refractivity contribution in [3.63, 3.8) is 0 Å². The molecule has 0 saturated carbocycles. The zero-order valence-corrected chi connectivity index (χ0v) is 28.4. The Labute approximate surface area is 261 Å². The molecule has 0 amide bonds. The molecule has 2 aromatic carbocycles. The van der Waals surface area contributed by atoms with Crippen molar-refractivity contribution in [3.8, 4) is 0 Å². The Morgan fingerprint density at radius 3 is 2.34 bits per heavy atom. The first kappa shape index (κ1) is 31.8. The number of rotatable bonds is 12. The van der Waals surface area contributed by atoms with E-state index in [0.717, 1.165) is 43.3 Å². The van der Waals surface area contributed by atoms with Crippen molar-refractivity contribution >= 4 is 63.6 Å². The molecule has 13 heteroatoms. The minimum atomic E-state index is -3.47. The molecule has 0 bridgehead atoms. The van der Waals surface area contributed by atoms with Gasteiger partial charge in [0.25, 0.3) is 0 Å². The third-order valence-corrected chi connectivity index (χ3v) is 10.7. The van der Waals surface area contributed by atoms with E-state index in [-0.39, 0.29) is 0 Å². The number of anilines is 6. The first-order valence-corrected chi connectivity index (χ1v) is 20.5. The predicted molar refractivity (Wildman–Crippen MR) is 184 cm³/mol. The molecule has 3 heterocycles. The van der Waals surface area contributed by atoms with Crippen LogP contribution in [0.15, 0.2) is 60.8 Å². The number of piperazine rings is 1. The monoisotopic (exact) mass is 636 g/mol. The molecule has 1 saturated heterocycles. The molecule has 2 N–H and O–H groups in total. The molecular formula is C31H44N8O3SSi. The van der Waals surface area contributed by atoms with Gasteiger partial charge < -0.3 is 29.7 Å². The maximum Gasteiger partial charge on any atom is 0.232 e. The van der Waals surface area contributed by atoms with Gasteiger partial charge in [-0.3, -0.25) is 4.31 Å². The number of hydrogen-bond donors (Lipinski definition) is 2. The molecule has 0 unspecified atom stereocenters. The van der Waals surface area contributed by atoms with Gasteiger partial charge in [0.05, 0.1) is 23.0 Å². The zero-order chi connectivity index (χ0) is 31.5. The summed E-state index contributed by atoms with van der Waals surface area (Å²) in [5, 5.41) is 7.57. The predicted octanol–water partition coefficient (Wildman–Crippen LogP) is 5.38. The van der Waals surface area contributed by atoms with E-state index < -0.39 is 18.1 Å². The molecule has 0 aliphatic carbocycles. The Balaban J connectivity index is 1.45. The normalized spacial score (nSPS) is 14.6. The van der Waals surface area contributed by atoms with E-state index in [0.29, 0.717) is 42.1 Å². The molecule has 2 aromatic heterocycles. The summed E-state index contributed by atoms with van der Waals surface area (Å²) in [7, 11) is -0.992. The SMILES string of the molecule is CN1CCN(c2ccc(Nc3nc(Nc4ccccc4N(C)S(C)(=O)=O)c4ccn(COCC[Si](C)(C)C)c4n3)cc2)CC1. The quantitative estimate of drug-likeness (QED) is 0.157. The van der Waals surface area contributed by atoms with E-state index in [2.05, 4.69) is 59.3 Å². The van der Waals surface area contributed by atoms with E-state index in [1.165, 1.54) is 16.2 Å². The summed E-state index contributed by atoms with van der Waals surface area (Å²) in [6, 6.07) is 18.6. The Morgan fingerprint density at radius 2 is 1.66 bits per heavy atom. The van der Waals surface area contributed by atoms with Crippen molar-refractivity contribution < 1.29 is 13.2 Å². The van der Waals surface area contributed by atoms with Crippen molar-refractivity contribution in [1.82, 2.24) is 19.4 Å². The lowest BCUT2D eigenvalue weighted by Gasteiger charge is -2.34. The van der Waals surface area contributed by atoms with Gasteiger partial charge in [0.1, 0.15) is 18.2 Å². The minimum absolute atomic E-state index is 0.372. The number of para-hydroxylation sites is 2. The number of sulfonamides is 1. The molecule has 1 aliphatic rings. The van der Waals surface area contributed by atoms with Crippen LogP contribution in [0.5, 0.6) is 0 Å². The van der Waals surface area contributed by atoms with Crippen LogP contribution in [-0.4, -0.2) is 89.1 Å². The van der Waals surface area contributed by atoms with Gasteiger partial charge >= 0.3 is 0 Å². The Morgan fingerprint density at radius 1 is 0.955 bits per heavy atom. The molecule has 11 nitrogen and oxygen atoms in total. The van der Waals surface area contributed by atoms with Crippen LogP contribution < -0.4 is 19.8 Å². The van der Waals surface area contributed by atoms with Crippen molar-refractivity contribution in [2.24, 2.45) is 0 Å². The van der Waals surface area contributed by atoms with E-state index in [4.69, 9.17) is 14.7 Å². The second-order valence-corrected chi connectivity index (χ2v) is 20.2. The Hall–Kier alpha value is -3.65. The van der Waals surface area contributed by atoms with Crippen LogP contribution in [0.25, 0.3) is 11.0 Å². The van der Waals surface area contributed by atoms with E-state index in [1.54, 1.807) is 13.1 Å². The molecule has 1 aliphatic heterocycles. The summed E-state index contributed by atoms with van der Waals surface area (Å²) >= 11 is 0. The molecule has 4 aromatic rings.